The maximum Gasteiger partial charge on any atom is 0.115 e. The van der Waals surface area contributed by atoms with E-state index in [9.17, 15) is 5.11 Å². The lowest BCUT2D eigenvalue weighted by molar-refractivity contribution is 0.474. The summed E-state index contributed by atoms with van der Waals surface area (Å²) in [7, 11) is 0. The highest BCUT2D eigenvalue weighted by molar-refractivity contribution is 5.28. The van der Waals surface area contributed by atoms with E-state index in [0.29, 0.717) is 0 Å². The first-order valence-electron chi connectivity index (χ1n) is 5.66. The molecule has 1 heterocycles. The fraction of sp³-hybridized carbons (Fsp3) is 0.214. The summed E-state index contributed by atoms with van der Waals surface area (Å²) in [6.45, 7) is 0. The molecule has 0 aliphatic heterocycles. The largest absolute Gasteiger partial charge is 0.508 e. The molecule has 88 valence electrons. The van der Waals surface area contributed by atoms with Crippen LogP contribution in [-0.4, -0.2) is 16.1 Å². The lowest BCUT2D eigenvalue weighted by Gasteiger charge is -2.11. The Balaban J connectivity index is 1.96. The SMILES string of the molecule is NC(Cc1cccnc1)Cc1cccc(O)c1. The lowest BCUT2D eigenvalue weighted by Crippen LogP contribution is -2.25. The number of phenols is 1. The highest BCUT2D eigenvalue weighted by Gasteiger charge is 2.06. The van der Waals surface area contributed by atoms with Gasteiger partial charge in [-0.1, -0.05) is 18.2 Å². The molecule has 0 radical (unpaired) electrons. The molecule has 0 spiro atoms. The molecule has 3 N–H and O–H groups in total. The van der Waals surface area contributed by atoms with Crippen LogP contribution >= 0.6 is 0 Å². The van der Waals surface area contributed by atoms with Gasteiger partial charge in [0.2, 0.25) is 0 Å². The van der Waals surface area contributed by atoms with Crippen molar-refractivity contribution in [1.82, 2.24) is 4.98 Å². The fourth-order valence-electron chi connectivity index (χ4n) is 1.88. The van der Waals surface area contributed by atoms with E-state index in [2.05, 4.69) is 4.98 Å². The molecule has 0 aliphatic rings. The maximum atomic E-state index is 9.36. The number of benzene rings is 1. The Labute approximate surface area is 101 Å². The van der Waals surface area contributed by atoms with Crippen molar-refractivity contribution in [1.29, 1.82) is 0 Å². The van der Waals surface area contributed by atoms with E-state index >= 15 is 0 Å². The van der Waals surface area contributed by atoms with Gasteiger partial charge in [0.1, 0.15) is 5.75 Å². The monoisotopic (exact) mass is 228 g/mol. The Morgan fingerprint density at radius 2 is 1.88 bits per heavy atom. The molecular weight excluding hydrogens is 212 g/mol. The van der Waals surface area contributed by atoms with Crippen LogP contribution in [0, 0.1) is 0 Å². The third-order valence-electron chi connectivity index (χ3n) is 2.63. The van der Waals surface area contributed by atoms with E-state index in [1.54, 1.807) is 18.3 Å². The number of aromatic hydroxyl groups is 1. The van der Waals surface area contributed by atoms with Crippen LogP contribution in [-0.2, 0) is 12.8 Å². The quantitative estimate of drug-likeness (QED) is 0.840. The number of hydrogen-bond acceptors (Lipinski definition) is 3. The molecule has 0 saturated carbocycles. The summed E-state index contributed by atoms with van der Waals surface area (Å²) >= 11 is 0. The first kappa shape index (κ1) is 11.6. The van der Waals surface area contributed by atoms with Crippen LogP contribution in [0.4, 0.5) is 0 Å². The first-order valence-corrected chi connectivity index (χ1v) is 5.66. The Bertz CT molecular complexity index is 471. The molecule has 3 nitrogen and oxygen atoms in total. The van der Waals surface area contributed by atoms with Gasteiger partial charge in [-0.15, -0.1) is 0 Å². The maximum absolute atomic E-state index is 9.36. The van der Waals surface area contributed by atoms with Gasteiger partial charge in [-0.05, 0) is 42.2 Å². The molecule has 0 fully saturated rings. The Morgan fingerprint density at radius 3 is 2.59 bits per heavy atom. The number of hydrogen-bond donors (Lipinski definition) is 2. The van der Waals surface area contributed by atoms with Crippen molar-refractivity contribution in [3.63, 3.8) is 0 Å². The highest BCUT2D eigenvalue weighted by atomic mass is 16.3. The van der Waals surface area contributed by atoms with Crippen LogP contribution in [0.15, 0.2) is 48.8 Å². The number of pyridine rings is 1. The van der Waals surface area contributed by atoms with Crippen LogP contribution in [0.5, 0.6) is 5.75 Å². The first-order chi connectivity index (χ1) is 8.24. The third kappa shape index (κ3) is 3.57. The number of nitrogens with two attached hydrogens (primary N) is 1. The molecule has 0 bridgehead atoms. The van der Waals surface area contributed by atoms with Gasteiger partial charge in [-0.3, -0.25) is 4.98 Å². The second-order valence-corrected chi connectivity index (χ2v) is 4.20. The van der Waals surface area contributed by atoms with E-state index in [1.807, 2.05) is 30.5 Å². The van der Waals surface area contributed by atoms with E-state index < -0.39 is 0 Å². The average molecular weight is 228 g/mol. The van der Waals surface area contributed by atoms with E-state index in [-0.39, 0.29) is 11.8 Å². The zero-order valence-electron chi connectivity index (χ0n) is 9.58. The minimum absolute atomic E-state index is 0.0426. The zero-order chi connectivity index (χ0) is 12.1. The smallest absolute Gasteiger partial charge is 0.115 e. The summed E-state index contributed by atoms with van der Waals surface area (Å²) in [6.07, 6.45) is 5.14. The van der Waals surface area contributed by atoms with Crippen LogP contribution < -0.4 is 5.73 Å². The number of aromatic nitrogens is 1. The van der Waals surface area contributed by atoms with Crippen LogP contribution in [0.3, 0.4) is 0 Å². The average Bonchev–Trinajstić information content (AvgIpc) is 2.30. The van der Waals surface area contributed by atoms with E-state index in [0.717, 1.165) is 24.0 Å². The van der Waals surface area contributed by atoms with Gasteiger partial charge in [0.05, 0.1) is 0 Å². The van der Waals surface area contributed by atoms with Gasteiger partial charge in [0, 0.05) is 18.4 Å². The van der Waals surface area contributed by atoms with E-state index in [1.165, 1.54) is 0 Å². The van der Waals surface area contributed by atoms with Crippen molar-refractivity contribution in [3.8, 4) is 5.75 Å². The van der Waals surface area contributed by atoms with Crippen molar-refractivity contribution in [3.05, 3.63) is 59.9 Å². The third-order valence-corrected chi connectivity index (χ3v) is 2.63. The molecule has 2 rings (SSSR count). The van der Waals surface area contributed by atoms with Gasteiger partial charge >= 0.3 is 0 Å². The predicted octanol–water partition coefficient (Wildman–Crippen LogP) is 1.90. The second kappa shape index (κ2) is 5.46. The molecular formula is C14H16N2O. The fourth-order valence-corrected chi connectivity index (χ4v) is 1.88. The number of phenolic OH excluding ortho intramolecular Hbond substituents is 1. The van der Waals surface area contributed by atoms with Crippen molar-refractivity contribution < 1.29 is 5.11 Å². The summed E-state index contributed by atoms with van der Waals surface area (Å²) in [5, 5.41) is 9.36. The van der Waals surface area contributed by atoms with E-state index in [4.69, 9.17) is 5.73 Å². The molecule has 0 amide bonds. The van der Waals surface area contributed by atoms with Gasteiger partial charge in [0.15, 0.2) is 0 Å². The molecule has 3 heteroatoms. The summed E-state index contributed by atoms with van der Waals surface area (Å²) in [5.74, 6) is 0.288. The minimum atomic E-state index is 0.0426. The Hall–Kier alpha value is -1.87. The lowest BCUT2D eigenvalue weighted by atomic mass is 10.0. The second-order valence-electron chi connectivity index (χ2n) is 4.20. The summed E-state index contributed by atoms with van der Waals surface area (Å²) < 4.78 is 0. The van der Waals surface area contributed by atoms with Gasteiger partial charge in [0.25, 0.3) is 0 Å². The van der Waals surface area contributed by atoms with Crippen LogP contribution in [0.25, 0.3) is 0 Å². The summed E-state index contributed by atoms with van der Waals surface area (Å²) in [4.78, 5) is 4.06. The van der Waals surface area contributed by atoms with Gasteiger partial charge in [-0.25, -0.2) is 0 Å². The molecule has 0 aliphatic carbocycles. The van der Waals surface area contributed by atoms with Crippen LogP contribution in [0.1, 0.15) is 11.1 Å². The molecule has 1 unspecified atom stereocenters. The molecule has 0 saturated heterocycles. The molecule has 1 aromatic heterocycles. The van der Waals surface area contributed by atoms with Crippen molar-refractivity contribution in [2.75, 3.05) is 0 Å². The molecule has 2 aromatic rings. The van der Waals surface area contributed by atoms with Gasteiger partial charge in [-0.2, -0.15) is 0 Å². The Kier molecular flexibility index (Phi) is 3.73. The standard InChI is InChI=1S/C14H16N2O/c15-13(8-12-4-2-6-16-10-12)7-11-3-1-5-14(17)9-11/h1-6,9-10,13,17H,7-8,15H2. The van der Waals surface area contributed by atoms with Crippen LogP contribution in [0.2, 0.25) is 0 Å². The molecule has 1 aromatic carbocycles. The Morgan fingerprint density at radius 1 is 1.12 bits per heavy atom. The summed E-state index contributed by atoms with van der Waals surface area (Å²) in [5.41, 5.74) is 8.27. The van der Waals surface area contributed by atoms with Crippen molar-refractivity contribution in [2.45, 2.75) is 18.9 Å². The topological polar surface area (TPSA) is 59.1 Å². The predicted molar refractivity (Wildman–Crippen MR) is 67.7 cm³/mol. The molecule has 17 heavy (non-hydrogen) atoms. The minimum Gasteiger partial charge on any atom is -0.508 e. The normalized spacial score (nSPS) is 12.3. The number of nitrogens with zero attached hydrogens (tertiary/aromatic N) is 1. The molecule has 1 atom stereocenters. The zero-order valence-corrected chi connectivity index (χ0v) is 9.58. The summed E-state index contributed by atoms with van der Waals surface area (Å²) in [6, 6.07) is 11.2. The van der Waals surface area contributed by atoms with Gasteiger partial charge < -0.3 is 10.8 Å². The number of rotatable bonds is 4. The van der Waals surface area contributed by atoms with Crippen molar-refractivity contribution in [2.24, 2.45) is 5.73 Å². The van der Waals surface area contributed by atoms with Crippen molar-refractivity contribution >= 4 is 0 Å². The highest BCUT2D eigenvalue weighted by Crippen LogP contribution is 2.13.